The molecule has 0 heterocycles. The summed E-state index contributed by atoms with van der Waals surface area (Å²) in [6, 6.07) is 8.05. The van der Waals surface area contributed by atoms with Crippen molar-refractivity contribution >= 4 is 33.2 Å². The topological polar surface area (TPSA) is 0 Å². The van der Waals surface area contributed by atoms with Crippen LogP contribution >= 0.6 is 33.2 Å². The van der Waals surface area contributed by atoms with E-state index in [0.717, 1.165) is 10.8 Å². The molecule has 0 aliphatic heterocycles. The van der Waals surface area contributed by atoms with Crippen molar-refractivity contribution in [3.8, 4) is 0 Å². The molecular formula is C11H15ClS2. The average molecular weight is 247 g/mol. The minimum Gasteiger partial charge on any atom is -0.0888 e. The monoisotopic (exact) mass is 246 g/mol. The van der Waals surface area contributed by atoms with Gasteiger partial charge in [-0.1, -0.05) is 66.1 Å². The maximum absolute atomic E-state index is 5.81. The molecule has 78 valence electrons. The third kappa shape index (κ3) is 5.18. The highest BCUT2D eigenvalue weighted by Crippen LogP contribution is 2.37. The van der Waals surface area contributed by atoms with Crippen molar-refractivity contribution < 1.29 is 0 Å². The van der Waals surface area contributed by atoms with Gasteiger partial charge in [-0.3, -0.25) is 0 Å². The summed E-state index contributed by atoms with van der Waals surface area (Å²) < 4.78 is 0.330. The van der Waals surface area contributed by atoms with Crippen molar-refractivity contribution in [3.63, 3.8) is 0 Å². The van der Waals surface area contributed by atoms with Crippen LogP contribution in [0.2, 0.25) is 5.02 Å². The molecule has 0 saturated heterocycles. The highest BCUT2D eigenvalue weighted by atomic mass is 35.5. The van der Waals surface area contributed by atoms with E-state index in [1.807, 2.05) is 33.7 Å². The number of hydrogen-bond acceptors (Lipinski definition) is 2. The highest BCUT2D eigenvalue weighted by Gasteiger charge is 2.10. The fraction of sp³-hybridized carbons (Fsp3) is 0.455. The second-order valence-corrected chi connectivity index (χ2v) is 7.64. The van der Waals surface area contributed by atoms with Crippen molar-refractivity contribution in [2.75, 3.05) is 0 Å². The summed E-state index contributed by atoms with van der Waals surface area (Å²) in [7, 11) is 3.81. The first-order valence-corrected chi connectivity index (χ1v) is 7.22. The molecule has 0 aliphatic rings. The summed E-state index contributed by atoms with van der Waals surface area (Å²) in [6.45, 7) is 6.69. The standard InChI is InChI=1S/C11H15ClS2/c1-11(2,3)14-13-8-9-4-6-10(12)7-5-9/h4-7H,8H2,1-3H3. The molecule has 0 aromatic heterocycles. The Labute approximate surface area is 99.2 Å². The fourth-order valence-corrected chi connectivity index (χ4v) is 3.37. The molecule has 3 heteroatoms. The minimum atomic E-state index is 0.330. The van der Waals surface area contributed by atoms with Crippen LogP contribution < -0.4 is 0 Å². The van der Waals surface area contributed by atoms with E-state index >= 15 is 0 Å². The quantitative estimate of drug-likeness (QED) is 0.687. The largest absolute Gasteiger partial charge is 0.0888 e. The summed E-state index contributed by atoms with van der Waals surface area (Å²) in [5.74, 6) is 1.04. The molecule has 0 saturated carbocycles. The molecular weight excluding hydrogens is 232 g/mol. The molecule has 0 nitrogen and oxygen atoms in total. The van der Waals surface area contributed by atoms with Gasteiger partial charge in [-0.25, -0.2) is 0 Å². The molecule has 14 heavy (non-hydrogen) atoms. The Bertz CT molecular complexity index is 274. The normalized spacial score (nSPS) is 11.7. The summed E-state index contributed by atoms with van der Waals surface area (Å²) >= 11 is 5.81. The smallest absolute Gasteiger partial charge is 0.0406 e. The number of rotatable bonds is 3. The number of halogens is 1. The van der Waals surface area contributed by atoms with Crippen LogP contribution in [0.3, 0.4) is 0 Å². The molecule has 0 radical (unpaired) electrons. The third-order valence-electron chi connectivity index (χ3n) is 1.45. The Morgan fingerprint density at radius 2 is 1.71 bits per heavy atom. The van der Waals surface area contributed by atoms with E-state index in [-0.39, 0.29) is 0 Å². The van der Waals surface area contributed by atoms with Crippen LogP contribution in [0.1, 0.15) is 26.3 Å². The molecule has 1 aromatic carbocycles. The minimum absolute atomic E-state index is 0.330. The van der Waals surface area contributed by atoms with Gasteiger partial charge in [0.1, 0.15) is 0 Å². The zero-order valence-corrected chi connectivity index (χ0v) is 11.1. The van der Waals surface area contributed by atoms with Gasteiger partial charge in [0.15, 0.2) is 0 Å². The average Bonchev–Trinajstić information content (AvgIpc) is 2.06. The molecule has 0 atom stereocenters. The van der Waals surface area contributed by atoms with E-state index in [1.54, 1.807) is 0 Å². The van der Waals surface area contributed by atoms with E-state index in [2.05, 4.69) is 32.9 Å². The summed E-state index contributed by atoms with van der Waals surface area (Å²) in [5, 5.41) is 0.808. The van der Waals surface area contributed by atoms with Crippen LogP contribution in [-0.2, 0) is 5.75 Å². The van der Waals surface area contributed by atoms with E-state index < -0.39 is 0 Å². The van der Waals surface area contributed by atoms with E-state index in [1.165, 1.54) is 5.56 Å². The second-order valence-electron chi connectivity index (χ2n) is 4.08. The van der Waals surface area contributed by atoms with Crippen molar-refractivity contribution in [1.29, 1.82) is 0 Å². The lowest BCUT2D eigenvalue weighted by Gasteiger charge is -2.16. The lowest BCUT2D eigenvalue weighted by atomic mass is 10.2. The van der Waals surface area contributed by atoms with Gasteiger partial charge in [-0.05, 0) is 17.7 Å². The first-order chi connectivity index (χ1) is 6.47. The number of hydrogen-bond donors (Lipinski definition) is 0. The Morgan fingerprint density at radius 3 is 2.21 bits per heavy atom. The van der Waals surface area contributed by atoms with Crippen LogP contribution in [0.25, 0.3) is 0 Å². The fourth-order valence-electron chi connectivity index (χ4n) is 0.855. The molecule has 0 unspecified atom stereocenters. The Hall–Kier alpha value is 0.210. The molecule has 0 spiro atoms. The van der Waals surface area contributed by atoms with Gasteiger partial charge in [-0.15, -0.1) is 0 Å². The molecule has 1 aromatic rings. The first kappa shape index (κ1) is 12.3. The maximum Gasteiger partial charge on any atom is 0.0406 e. The van der Waals surface area contributed by atoms with E-state index in [9.17, 15) is 0 Å². The van der Waals surface area contributed by atoms with Crippen LogP contribution in [0.5, 0.6) is 0 Å². The molecule has 1 rings (SSSR count). The number of benzene rings is 1. The van der Waals surface area contributed by atoms with Gasteiger partial charge < -0.3 is 0 Å². The first-order valence-electron chi connectivity index (χ1n) is 4.52. The maximum atomic E-state index is 5.81. The predicted octanol–water partition coefficient (Wildman–Crippen LogP) is 5.02. The zero-order chi connectivity index (χ0) is 10.6. The summed E-state index contributed by atoms with van der Waals surface area (Å²) in [4.78, 5) is 0. The third-order valence-corrected chi connectivity index (χ3v) is 4.98. The molecule has 0 amide bonds. The van der Waals surface area contributed by atoms with Gasteiger partial charge in [0.2, 0.25) is 0 Å². The van der Waals surface area contributed by atoms with Crippen LogP contribution in [0.15, 0.2) is 24.3 Å². The van der Waals surface area contributed by atoms with Crippen molar-refractivity contribution in [2.45, 2.75) is 31.3 Å². The van der Waals surface area contributed by atoms with Crippen LogP contribution in [0.4, 0.5) is 0 Å². The van der Waals surface area contributed by atoms with Gasteiger partial charge in [0.25, 0.3) is 0 Å². The van der Waals surface area contributed by atoms with E-state index in [4.69, 9.17) is 11.6 Å². The zero-order valence-electron chi connectivity index (χ0n) is 8.71. The lowest BCUT2D eigenvalue weighted by Crippen LogP contribution is -2.04. The second kappa shape index (κ2) is 5.34. The summed E-state index contributed by atoms with van der Waals surface area (Å²) in [6.07, 6.45) is 0. The van der Waals surface area contributed by atoms with E-state index in [0.29, 0.717) is 4.75 Å². The van der Waals surface area contributed by atoms with Gasteiger partial charge in [-0.2, -0.15) is 0 Å². The molecule has 0 bridgehead atoms. The van der Waals surface area contributed by atoms with Crippen molar-refractivity contribution in [1.82, 2.24) is 0 Å². The SMILES string of the molecule is CC(C)(C)SSCc1ccc(Cl)cc1. The Balaban J connectivity index is 2.35. The predicted molar refractivity (Wildman–Crippen MR) is 70.1 cm³/mol. The van der Waals surface area contributed by atoms with Gasteiger partial charge >= 0.3 is 0 Å². The van der Waals surface area contributed by atoms with Gasteiger partial charge in [0, 0.05) is 15.5 Å². The molecule has 0 aliphatic carbocycles. The van der Waals surface area contributed by atoms with Crippen LogP contribution in [-0.4, -0.2) is 4.75 Å². The van der Waals surface area contributed by atoms with Gasteiger partial charge in [0.05, 0.1) is 0 Å². The Morgan fingerprint density at radius 1 is 1.14 bits per heavy atom. The van der Waals surface area contributed by atoms with Crippen LogP contribution in [0, 0.1) is 0 Å². The van der Waals surface area contributed by atoms with Crippen molar-refractivity contribution in [2.24, 2.45) is 0 Å². The summed E-state index contributed by atoms with van der Waals surface area (Å²) in [5.41, 5.74) is 1.33. The highest BCUT2D eigenvalue weighted by molar-refractivity contribution is 8.76. The molecule has 0 N–H and O–H groups in total. The molecule has 0 fully saturated rings. The Kier molecular flexibility index (Phi) is 4.68. The lowest BCUT2D eigenvalue weighted by molar-refractivity contribution is 0.810. The van der Waals surface area contributed by atoms with Crippen molar-refractivity contribution in [3.05, 3.63) is 34.9 Å².